The zero-order valence-electron chi connectivity index (χ0n) is 36.9. The first-order valence-electron chi connectivity index (χ1n) is 21.7. The summed E-state index contributed by atoms with van der Waals surface area (Å²) in [6.07, 6.45) is 0.402. The largest absolute Gasteiger partial charge is 0.444 e. The van der Waals surface area contributed by atoms with E-state index < -0.39 is 28.8 Å². The quantitative estimate of drug-likeness (QED) is 0.117. The Morgan fingerprint density at radius 2 is 1.23 bits per heavy atom. The molecular weight excluding hydrogens is 799 g/mol. The van der Waals surface area contributed by atoms with E-state index in [9.17, 15) is 14.4 Å². The van der Waals surface area contributed by atoms with Crippen molar-refractivity contribution in [1.82, 2.24) is 30.8 Å². The molecule has 7 aromatic rings. The average molecular weight is 852 g/mol. The van der Waals surface area contributed by atoms with Crippen molar-refractivity contribution in [3.8, 4) is 22.5 Å². The average Bonchev–Trinajstić information content (AvgIpc) is 3.73. The number of aryl methyl sites for hydroxylation is 1. The Kier molecular flexibility index (Phi) is 12.3. The number of hydrogen-bond acceptors (Lipinski definition) is 7. The number of nitrogens with zero attached hydrogens (tertiary/aromatic N) is 5. The maximum absolute atomic E-state index is 14.4. The molecule has 0 spiro atoms. The van der Waals surface area contributed by atoms with Crippen LogP contribution in [0.4, 0.5) is 10.5 Å². The summed E-state index contributed by atoms with van der Waals surface area (Å²) in [7, 11) is 0. The molecule has 1 aliphatic rings. The minimum Gasteiger partial charge on any atom is -0.444 e. The van der Waals surface area contributed by atoms with Crippen LogP contribution in [0.25, 0.3) is 22.5 Å². The first-order valence-corrected chi connectivity index (χ1v) is 21.7. The summed E-state index contributed by atoms with van der Waals surface area (Å²) in [4.78, 5) is 42.2. The molecule has 11 heteroatoms. The number of alkyl carbamates (subject to hydrolysis) is 1. The third-order valence-corrected chi connectivity index (χ3v) is 11.5. The number of tetrazole rings is 1. The van der Waals surface area contributed by atoms with Gasteiger partial charge < -0.3 is 20.3 Å². The van der Waals surface area contributed by atoms with Crippen molar-refractivity contribution in [2.45, 2.75) is 83.1 Å². The van der Waals surface area contributed by atoms with Gasteiger partial charge in [-0.05, 0) is 103 Å². The highest BCUT2D eigenvalue weighted by Gasteiger charge is 2.42. The van der Waals surface area contributed by atoms with Gasteiger partial charge in [-0.1, -0.05) is 158 Å². The van der Waals surface area contributed by atoms with Gasteiger partial charge in [0, 0.05) is 23.2 Å². The highest BCUT2D eigenvalue weighted by molar-refractivity contribution is 6.00. The van der Waals surface area contributed by atoms with E-state index in [0.29, 0.717) is 25.2 Å². The van der Waals surface area contributed by atoms with Crippen LogP contribution < -0.4 is 15.5 Å². The smallest absolute Gasteiger partial charge is 0.408 e. The maximum Gasteiger partial charge on any atom is 0.408 e. The Labute approximate surface area is 374 Å². The molecular formula is C53H53N7O4. The lowest BCUT2D eigenvalue weighted by molar-refractivity contribution is -0.128. The van der Waals surface area contributed by atoms with Gasteiger partial charge in [0.15, 0.2) is 5.82 Å². The Bertz CT molecular complexity index is 2630. The molecule has 2 heterocycles. The molecule has 2 N–H and O–H groups in total. The summed E-state index contributed by atoms with van der Waals surface area (Å²) in [5.74, 6) is 0.0595. The monoisotopic (exact) mass is 851 g/mol. The van der Waals surface area contributed by atoms with Gasteiger partial charge in [-0.15, -0.1) is 5.10 Å². The molecule has 6 aromatic carbocycles. The van der Waals surface area contributed by atoms with Crippen molar-refractivity contribution in [3.63, 3.8) is 0 Å². The van der Waals surface area contributed by atoms with Gasteiger partial charge in [-0.25, -0.2) is 9.48 Å². The molecule has 0 saturated carbocycles. The fourth-order valence-corrected chi connectivity index (χ4v) is 8.67. The van der Waals surface area contributed by atoms with Crippen molar-refractivity contribution >= 4 is 23.6 Å². The lowest BCUT2D eigenvalue weighted by Crippen LogP contribution is -2.52. The number of hydrogen-bond donors (Lipinski definition) is 2. The van der Waals surface area contributed by atoms with Crippen molar-refractivity contribution in [3.05, 3.63) is 192 Å². The van der Waals surface area contributed by atoms with Crippen molar-refractivity contribution in [2.24, 2.45) is 0 Å². The predicted molar refractivity (Wildman–Crippen MR) is 249 cm³/mol. The Morgan fingerprint density at radius 3 is 1.83 bits per heavy atom. The van der Waals surface area contributed by atoms with Gasteiger partial charge in [0.1, 0.15) is 17.2 Å². The minimum atomic E-state index is -0.917. The Hall–Kier alpha value is -7.40. The van der Waals surface area contributed by atoms with Crippen molar-refractivity contribution in [2.75, 3.05) is 4.90 Å². The maximum atomic E-state index is 14.4. The summed E-state index contributed by atoms with van der Waals surface area (Å²) < 4.78 is 7.35. The van der Waals surface area contributed by atoms with Crippen LogP contribution in [0.15, 0.2) is 164 Å². The first-order chi connectivity index (χ1) is 30.8. The van der Waals surface area contributed by atoms with Crippen LogP contribution in [0, 0.1) is 0 Å². The van der Waals surface area contributed by atoms with Crippen LogP contribution in [-0.2, 0) is 32.8 Å². The second kappa shape index (κ2) is 18.1. The number of fused-ring (bicyclic) bond motifs is 1. The number of aromatic nitrogens is 4. The van der Waals surface area contributed by atoms with Gasteiger partial charge in [-0.2, -0.15) is 0 Å². The molecule has 1 aliphatic heterocycles. The summed E-state index contributed by atoms with van der Waals surface area (Å²) in [6, 6.07) is 54.5. The van der Waals surface area contributed by atoms with Crippen LogP contribution in [0.2, 0.25) is 0 Å². The molecule has 3 amide bonds. The van der Waals surface area contributed by atoms with E-state index in [1.807, 2.05) is 114 Å². The summed E-state index contributed by atoms with van der Waals surface area (Å²) in [5.41, 5.74) is 6.02. The Morgan fingerprint density at radius 1 is 0.688 bits per heavy atom. The summed E-state index contributed by atoms with van der Waals surface area (Å²) in [5, 5.41) is 19.6. The van der Waals surface area contributed by atoms with Gasteiger partial charge in [0.25, 0.3) is 0 Å². The molecule has 0 fully saturated rings. The fraction of sp³-hybridized carbons (Fsp3) is 0.245. The van der Waals surface area contributed by atoms with E-state index in [1.165, 1.54) is 0 Å². The molecule has 324 valence electrons. The molecule has 0 radical (unpaired) electrons. The predicted octanol–water partition coefficient (Wildman–Crippen LogP) is 9.50. The second-order valence-corrected chi connectivity index (χ2v) is 17.9. The van der Waals surface area contributed by atoms with E-state index in [4.69, 9.17) is 15.0 Å². The van der Waals surface area contributed by atoms with E-state index in [-0.39, 0.29) is 18.2 Å². The molecule has 11 nitrogen and oxygen atoms in total. The zero-order valence-corrected chi connectivity index (χ0v) is 36.9. The standard InChI is InChI=1S/C53H53N7O4/c1-51(2,3)64-50(63)55-52(4,5)35-47(61)54-45-34-33-39-19-15-18-28-46(39)59(49(45)62)36-37-29-31-38(32-30-37)43-26-16-17-27-44(43)48-56-57-58-60(48)53(40-20-9-6-10-21-40,41-22-11-7-12-23-41)42-24-13-8-14-25-42/h6-32,45H,33-36H2,1-5H3,(H,54,61)(H,55,63). The highest BCUT2D eigenvalue weighted by Crippen LogP contribution is 2.43. The molecule has 0 bridgehead atoms. The fourth-order valence-electron chi connectivity index (χ4n) is 8.67. The lowest BCUT2D eigenvalue weighted by atomic mass is 9.77. The molecule has 1 aromatic heterocycles. The van der Waals surface area contributed by atoms with Crippen LogP contribution in [0.5, 0.6) is 0 Å². The third kappa shape index (κ3) is 9.20. The number of carbonyl (C=O) groups is 3. The first kappa shape index (κ1) is 43.3. The molecule has 1 atom stereocenters. The number of anilines is 1. The normalized spacial score (nSPS) is 14.3. The number of nitrogens with one attached hydrogen (secondary N) is 2. The van der Waals surface area contributed by atoms with Crippen molar-refractivity contribution < 1.29 is 19.1 Å². The minimum absolute atomic E-state index is 0.0377. The SMILES string of the molecule is CC(C)(CC(=O)NC1CCc2ccccc2N(Cc2ccc(-c3ccccc3-c3nnnn3C(c3ccccc3)(c3ccccc3)c3ccccc3)cc2)C1=O)NC(=O)OC(C)(C)C. The summed E-state index contributed by atoms with van der Waals surface area (Å²) >= 11 is 0. The number of carbonyl (C=O) groups excluding carboxylic acids is 3. The topological polar surface area (TPSA) is 131 Å². The number of para-hydroxylation sites is 1. The number of benzene rings is 6. The molecule has 1 unspecified atom stereocenters. The van der Waals surface area contributed by atoms with Crippen LogP contribution in [0.1, 0.15) is 75.3 Å². The molecule has 0 saturated heterocycles. The van der Waals surface area contributed by atoms with E-state index in [2.05, 4.69) is 70.4 Å². The van der Waals surface area contributed by atoms with Gasteiger partial charge >= 0.3 is 6.09 Å². The molecule has 8 rings (SSSR count). The van der Waals surface area contributed by atoms with Gasteiger partial charge in [0.05, 0.1) is 6.54 Å². The lowest BCUT2D eigenvalue weighted by Gasteiger charge is -2.36. The van der Waals surface area contributed by atoms with Crippen LogP contribution in [-0.4, -0.2) is 55.3 Å². The second-order valence-electron chi connectivity index (χ2n) is 17.9. The van der Waals surface area contributed by atoms with Gasteiger partial charge in [-0.3, -0.25) is 9.59 Å². The highest BCUT2D eigenvalue weighted by atomic mass is 16.6. The van der Waals surface area contributed by atoms with Crippen LogP contribution in [0.3, 0.4) is 0 Å². The van der Waals surface area contributed by atoms with E-state index in [1.54, 1.807) is 39.5 Å². The third-order valence-electron chi connectivity index (χ3n) is 11.5. The number of rotatable bonds is 12. The van der Waals surface area contributed by atoms with Gasteiger partial charge in [0.2, 0.25) is 11.8 Å². The summed E-state index contributed by atoms with van der Waals surface area (Å²) in [6.45, 7) is 9.15. The van der Waals surface area contributed by atoms with Crippen molar-refractivity contribution in [1.29, 1.82) is 0 Å². The zero-order chi connectivity index (χ0) is 44.9. The molecule has 64 heavy (non-hydrogen) atoms. The van der Waals surface area contributed by atoms with E-state index >= 15 is 0 Å². The van der Waals surface area contributed by atoms with Crippen LogP contribution >= 0.6 is 0 Å². The number of amides is 3. The Balaban J connectivity index is 1.09. The number of ether oxygens (including phenoxy) is 1. The van der Waals surface area contributed by atoms with E-state index in [0.717, 1.165) is 50.2 Å². The molecule has 0 aliphatic carbocycles.